The van der Waals surface area contributed by atoms with E-state index in [4.69, 9.17) is 17.2 Å². The number of carboxylic acid groups (broad SMARTS) is 1. The third-order valence-corrected chi connectivity index (χ3v) is 9.73. The lowest BCUT2D eigenvalue weighted by Gasteiger charge is -2.27. The van der Waals surface area contributed by atoms with E-state index in [-0.39, 0.29) is 50.2 Å². The molecule has 3 rings (SSSR count). The van der Waals surface area contributed by atoms with E-state index in [1.54, 1.807) is 24.3 Å². The molecule has 0 spiro atoms. The topological polar surface area (TPSA) is 281 Å². The van der Waals surface area contributed by atoms with Crippen LogP contribution < -0.4 is 43.8 Å². The van der Waals surface area contributed by atoms with E-state index in [2.05, 4.69) is 26.6 Å². The Morgan fingerprint density at radius 1 is 0.774 bits per heavy atom. The average molecular weight is 743 g/mol. The molecule has 16 nitrogen and oxygen atoms in total. The number of nitrogens with one attached hydrogen (secondary N) is 5. The summed E-state index contributed by atoms with van der Waals surface area (Å²) in [5, 5.41) is 33.2. The number of carbonyl (C=O) groups excluding carboxylic acids is 5. The summed E-state index contributed by atoms with van der Waals surface area (Å²) in [6.07, 6.45) is 9.89. The molecule has 294 valence electrons. The third-order valence-electron chi connectivity index (χ3n) is 9.73. The molecule has 1 saturated carbocycles. The summed E-state index contributed by atoms with van der Waals surface area (Å²) in [5.74, 6) is -4.25. The molecule has 0 radical (unpaired) electrons. The number of benzene rings is 1. The number of nitrogens with two attached hydrogens (primary N) is 3. The molecule has 1 aromatic rings. The van der Waals surface area contributed by atoms with Crippen LogP contribution >= 0.6 is 0 Å². The molecule has 1 aliphatic carbocycles. The van der Waals surface area contributed by atoms with Crippen LogP contribution in [-0.2, 0) is 35.2 Å². The van der Waals surface area contributed by atoms with Crippen molar-refractivity contribution in [1.29, 1.82) is 0 Å². The number of amides is 5. The van der Waals surface area contributed by atoms with Crippen LogP contribution in [0.3, 0.4) is 0 Å². The smallest absolute Gasteiger partial charge is 0.326 e. The Morgan fingerprint density at radius 3 is 1.92 bits per heavy atom. The summed E-state index contributed by atoms with van der Waals surface area (Å²) >= 11 is 0. The lowest BCUT2D eigenvalue weighted by molar-refractivity contribution is -0.143. The molecule has 1 heterocycles. The Hall–Kier alpha value is -4.54. The average Bonchev–Trinajstić information content (AvgIpc) is 3.65. The van der Waals surface area contributed by atoms with Gasteiger partial charge in [-0.25, -0.2) is 4.79 Å². The Bertz CT molecular complexity index is 1400. The summed E-state index contributed by atoms with van der Waals surface area (Å²) < 4.78 is 0. The molecular weight excluding hydrogens is 684 g/mol. The maximum Gasteiger partial charge on any atom is 0.326 e. The fraction of sp³-hybridized carbons (Fsp3) is 0.622. The number of hydrogen-bond donors (Lipinski definition) is 10. The molecule has 0 aromatic heterocycles. The van der Waals surface area contributed by atoms with Crippen molar-refractivity contribution in [3.05, 3.63) is 42.0 Å². The zero-order chi connectivity index (χ0) is 38.8. The van der Waals surface area contributed by atoms with Crippen molar-refractivity contribution in [2.75, 3.05) is 13.1 Å². The van der Waals surface area contributed by atoms with Gasteiger partial charge in [0.25, 0.3) is 0 Å². The van der Waals surface area contributed by atoms with Crippen LogP contribution in [0.2, 0.25) is 0 Å². The zero-order valence-corrected chi connectivity index (χ0v) is 30.4. The second-order valence-corrected chi connectivity index (χ2v) is 14.0. The van der Waals surface area contributed by atoms with Gasteiger partial charge in [0.2, 0.25) is 29.5 Å². The number of rotatable bonds is 17. The molecule has 13 N–H and O–H groups in total. The first-order valence-corrected chi connectivity index (χ1v) is 18.7. The van der Waals surface area contributed by atoms with Crippen molar-refractivity contribution in [1.82, 2.24) is 26.6 Å². The SMILES string of the molecule is NCCCC[C@@H]1NC(=O)[C@H](CCCCN)NC(=O)[C@@H](N)C/C=C/C[C@@H](C(=O)N[C@@H](Cc2ccc(O)cc2)C(=O)N[C@@H](CC2CCCC2)C(=O)O)NC1=O. The van der Waals surface area contributed by atoms with Gasteiger partial charge in [0.15, 0.2) is 0 Å². The van der Waals surface area contributed by atoms with E-state index >= 15 is 0 Å². The minimum absolute atomic E-state index is 0.00250. The first kappa shape index (κ1) is 42.9. The lowest BCUT2D eigenvalue weighted by atomic mass is 9.97. The monoisotopic (exact) mass is 742 g/mol. The van der Waals surface area contributed by atoms with Crippen LogP contribution in [0.1, 0.15) is 89.0 Å². The van der Waals surface area contributed by atoms with Gasteiger partial charge in [-0.05, 0) is 94.5 Å². The van der Waals surface area contributed by atoms with Crippen LogP contribution in [-0.4, -0.2) is 95.1 Å². The lowest BCUT2D eigenvalue weighted by Crippen LogP contribution is -2.59. The Labute approximate surface area is 310 Å². The van der Waals surface area contributed by atoms with Gasteiger partial charge < -0.3 is 54.0 Å². The first-order chi connectivity index (χ1) is 25.4. The normalized spacial score (nSPS) is 23.4. The van der Waals surface area contributed by atoms with E-state index in [0.29, 0.717) is 44.3 Å². The van der Waals surface area contributed by atoms with Gasteiger partial charge in [0, 0.05) is 6.42 Å². The Kier molecular flexibility index (Phi) is 18.2. The maximum absolute atomic E-state index is 14.0. The second-order valence-electron chi connectivity index (χ2n) is 14.0. The van der Waals surface area contributed by atoms with Gasteiger partial charge in [-0.15, -0.1) is 0 Å². The highest BCUT2D eigenvalue weighted by molar-refractivity contribution is 5.96. The van der Waals surface area contributed by atoms with Crippen LogP contribution in [0.25, 0.3) is 0 Å². The molecule has 2 aliphatic rings. The van der Waals surface area contributed by atoms with E-state index in [1.807, 2.05) is 0 Å². The first-order valence-electron chi connectivity index (χ1n) is 18.7. The van der Waals surface area contributed by atoms with Gasteiger partial charge in [-0.3, -0.25) is 24.0 Å². The molecule has 0 saturated heterocycles. The quantitative estimate of drug-likeness (QED) is 0.0747. The van der Waals surface area contributed by atoms with Crippen molar-refractivity contribution in [3.63, 3.8) is 0 Å². The summed E-state index contributed by atoms with van der Waals surface area (Å²) in [7, 11) is 0. The number of carboxylic acids is 1. The Balaban J connectivity index is 1.89. The molecule has 0 unspecified atom stereocenters. The molecule has 53 heavy (non-hydrogen) atoms. The van der Waals surface area contributed by atoms with Gasteiger partial charge >= 0.3 is 5.97 Å². The molecule has 1 fully saturated rings. The Morgan fingerprint density at radius 2 is 1.34 bits per heavy atom. The van der Waals surface area contributed by atoms with Crippen LogP contribution in [0.15, 0.2) is 36.4 Å². The summed E-state index contributed by atoms with van der Waals surface area (Å²) in [6.45, 7) is 0.764. The zero-order valence-electron chi connectivity index (χ0n) is 30.4. The van der Waals surface area contributed by atoms with Crippen LogP contribution in [0.5, 0.6) is 5.75 Å². The fourth-order valence-electron chi connectivity index (χ4n) is 6.58. The highest BCUT2D eigenvalue weighted by Crippen LogP contribution is 2.28. The second kappa shape index (κ2) is 22.5. The number of phenols is 1. The number of phenolic OH excluding ortho intramolecular Hbond substituents is 1. The van der Waals surface area contributed by atoms with E-state index in [9.17, 15) is 39.0 Å². The number of hydrogen-bond acceptors (Lipinski definition) is 10. The minimum atomic E-state index is -1.25. The fourth-order valence-corrected chi connectivity index (χ4v) is 6.58. The van der Waals surface area contributed by atoms with E-state index < -0.39 is 71.8 Å². The third kappa shape index (κ3) is 14.8. The summed E-state index contributed by atoms with van der Waals surface area (Å²) in [4.78, 5) is 80.2. The van der Waals surface area contributed by atoms with E-state index in [0.717, 1.165) is 25.7 Å². The van der Waals surface area contributed by atoms with Crippen LogP contribution in [0, 0.1) is 5.92 Å². The van der Waals surface area contributed by atoms with Gasteiger partial charge in [-0.2, -0.15) is 0 Å². The standard InChI is InChI=1S/C37H58N8O8/c38-19-7-5-13-27-33(48)43-29(14-6-8-20-39)34(49)42-28(12-4-3-11-26(40)32(47)41-27)35(50)44-30(21-24-15-17-25(46)18-16-24)36(51)45-31(37(52)53)22-23-9-1-2-10-23/h3-4,15-18,23,26-31,46H,1-2,5-14,19-22,38-40H2,(H,41,47)(H,42,49)(H,43,48)(H,44,50)(H,45,51)(H,52,53)/b4-3+/t26-,27-,28-,29-,30-,31-/m0/s1. The number of aromatic hydroxyl groups is 1. The molecule has 1 aliphatic heterocycles. The highest BCUT2D eigenvalue weighted by atomic mass is 16.4. The van der Waals surface area contributed by atoms with E-state index in [1.165, 1.54) is 12.1 Å². The van der Waals surface area contributed by atoms with Crippen molar-refractivity contribution >= 4 is 35.5 Å². The summed E-state index contributed by atoms with van der Waals surface area (Å²) in [6, 6.07) is -0.672. The highest BCUT2D eigenvalue weighted by Gasteiger charge is 2.33. The summed E-state index contributed by atoms with van der Waals surface area (Å²) in [5.41, 5.74) is 18.0. The van der Waals surface area contributed by atoms with Gasteiger partial charge in [0.05, 0.1) is 6.04 Å². The molecule has 6 atom stereocenters. The largest absolute Gasteiger partial charge is 0.508 e. The van der Waals surface area contributed by atoms with Crippen molar-refractivity contribution in [2.45, 2.75) is 126 Å². The number of unbranched alkanes of at least 4 members (excludes halogenated alkanes) is 2. The van der Waals surface area contributed by atoms with Gasteiger partial charge in [0.1, 0.15) is 36.0 Å². The van der Waals surface area contributed by atoms with Gasteiger partial charge in [-0.1, -0.05) is 50.0 Å². The molecule has 0 bridgehead atoms. The van der Waals surface area contributed by atoms with Crippen LogP contribution in [0.4, 0.5) is 0 Å². The predicted octanol–water partition coefficient (Wildman–Crippen LogP) is -0.0411. The molecule has 5 amide bonds. The number of carbonyl (C=O) groups is 6. The number of aliphatic carboxylic acids is 1. The predicted molar refractivity (Wildman–Crippen MR) is 198 cm³/mol. The maximum atomic E-state index is 14.0. The molecule has 16 heteroatoms. The van der Waals surface area contributed by atoms with Crippen molar-refractivity contribution in [3.8, 4) is 5.75 Å². The van der Waals surface area contributed by atoms with Crippen molar-refractivity contribution < 1.29 is 39.0 Å². The minimum Gasteiger partial charge on any atom is -0.508 e. The molecular formula is C37H58N8O8. The van der Waals surface area contributed by atoms with Crippen molar-refractivity contribution in [2.24, 2.45) is 23.1 Å². The molecule has 1 aromatic carbocycles.